The third-order valence-electron chi connectivity index (χ3n) is 2.10. The van der Waals surface area contributed by atoms with E-state index in [2.05, 4.69) is 5.32 Å². The van der Waals surface area contributed by atoms with Crippen LogP contribution in [0.25, 0.3) is 0 Å². The Morgan fingerprint density at radius 3 is 2.71 bits per heavy atom. The van der Waals surface area contributed by atoms with Gasteiger partial charge in [0, 0.05) is 6.54 Å². The molecule has 3 nitrogen and oxygen atoms in total. The number of aromatic hydroxyl groups is 1. The lowest BCUT2D eigenvalue weighted by Gasteiger charge is -2.14. The summed E-state index contributed by atoms with van der Waals surface area (Å²) in [5, 5.41) is 21.8. The molecule has 1 unspecified atom stereocenters. The maximum absolute atomic E-state index is 13.3. The summed E-state index contributed by atoms with van der Waals surface area (Å²) in [6.07, 6.45) is -1.03. The van der Waals surface area contributed by atoms with Crippen molar-refractivity contribution in [2.24, 2.45) is 0 Å². The van der Waals surface area contributed by atoms with Gasteiger partial charge in [0.2, 0.25) is 0 Å². The van der Waals surface area contributed by atoms with Crippen LogP contribution in [-0.2, 0) is 0 Å². The fourth-order valence-corrected chi connectivity index (χ4v) is 1.30. The second-order valence-corrected chi connectivity index (χ2v) is 3.20. The monoisotopic (exact) mass is 199 g/mol. The average Bonchev–Trinajstić information content (AvgIpc) is 2.13. The molecule has 0 heterocycles. The van der Waals surface area contributed by atoms with E-state index in [0.717, 1.165) is 0 Å². The van der Waals surface area contributed by atoms with E-state index >= 15 is 0 Å². The quantitative estimate of drug-likeness (QED) is 0.683. The first-order valence-electron chi connectivity index (χ1n) is 4.38. The molecule has 0 aromatic heterocycles. The Balaban J connectivity index is 3.11. The van der Waals surface area contributed by atoms with E-state index in [1.54, 1.807) is 14.0 Å². The lowest BCUT2D eigenvalue weighted by atomic mass is 10.0. The lowest BCUT2D eigenvalue weighted by molar-refractivity contribution is 0.168. The number of benzene rings is 1. The van der Waals surface area contributed by atoms with Crippen LogP contribution in [0.5, 0.6) is 5.75 Å². The molecule has 0 amide bonds. The van der Waals surface area contributed by atoms with E-state index in [-0.39, 0.29) is 17.9 Å². The van der Waals surface area contributed by atoms with Crippen molar-refractivity contribution in [2.45, 2.75) is 13.0 Å². The zero-order chi connectivity index (χ0) is 10.7. The first kappa shape index (κ1) is 10.9. The molecule has 0 aliphatic rings. The molecule has 0 fully saturated rings. The van der Waals surface area contributed by atoms with Crippen LogP contribution < -0.4 is 5.32 Å². The predicted octanol–water partition coefficient (Wildman–Crippen LogP) is 1.09. The fourth-order valence-electron chi connectivity index (χ4n) is 1.30. The molecule has 14 heavy (non-hydrogen) atoms. The summed E-state index contributed by atoms with van der Waals surface area (Å²) in [5.41, 5.74) is 0.510. The second-order valence-electron chi connectivity index (χ2n) is 3.20. The maximum atomic E-state index is 13.3. The molecular formula is C10H14FNO2. The van der Waals surface area contributed by atoms with Crippen LogP contribution in [0.4, 0.5) is 4.39 Å². The smallest absolute Gasteiger partial charge is 0.132 e. The number of rotatable bonds is 3. The predicted molar refractivity (Wildman–Crippen MR) is 51.7 cm³/mol. The highest BCUT2D eigenvalue weighted by Crippen LogP contribution is 2.29. The third kappa shape index (κ3) is 2.02. The standard InChI is InChI=1S/C10H14FNO2/c1-6-3-4-7(11)9(10(6)14)8(13)5-12-2/h3-4,8,12-14H,5H2,1-2H3. The third-order valence-corrected chi connectivity index (χ3v) is 2.10. The normalized spacial score (nSPS) is 12.9. The van der Waals surface area contributed by atoms with Crippen molar-refractivity contribution < 1.29 is 14.6 Å². The van der Waals surface area contributed by atoms with E-state index in [1.165, 1.54) is 12.1 Å². The molecule has 1 rings (SSSR count). The summed E-state index contributed by atoms with van der Waals surface area (Å²) < 4.78 is 13.3. The second kappa shape index (κ2) is 4.39. The highest BCUT2D eigenvalue weighted by molar-refractivity contribution is 5.41. The Bertz CT molecular complexity index is 328. The topological polar surface area (TPSA) is 52.5 Å². The molecule has 0 aliphatic carbocycles. The molecule has 4 heteroatoms. The van der Waals surface area contributed by atoms with Gasteiger partial charge in [0.15, 0.2) is 0 Å². The molecule has 0 saturated carbocycles. The lowest BCUT2D eigenvalue weighted by Crippen LogP contribution is -2.18. The summed E-state index contributed by atoms with van der Waals surface area (Å²) >= 11 is 0. The molecule has 0 radical (unpaired) electrons. The molecule has 1 atom stereocenters. The van der Waals surface area contributed by atoms with Crippen molar-refractivity contribution in [3.8, 4) is 5.75 Å². The van der Waals surface area contributed by atoms with Gasteiger partial charge in [0.25, 0.3) is 0 Å². The van der Waals surface area contributed by atoms with E-state index in [0.29, 0.717) is 5.56 Å². The number of halogens is 1. The van der Waals surface area contributed by atoms with Crippen molar-refractivity contribution in [1.82, 2.24) is 5.32 Å². The molecule has 0 aliphatic heterocycles. The van der Waals surface area contributed by atoms with Crippen LogP contribution >= 0.6 is 0 Å². The number of phenols is 1. The number of aliphatic hydroxyl groups excluding tert-OH is 1. The fraction of sp³-hybridized carbons (Fsp3) is 0.400. The number of aryl methyl sites for hydroxylation is 1. The Kier molecular flexibility index (Phi) is 3.43. The minimum Gasteiger partial charge on any atom is -0.507 e. The maximum Gasteiger partial charge on any atom is 0.132 e. The van der Waals surface area contributed by atoms with Gasteiger partial charge in [0.05, 0.1) is 11.7 Å². The number of hydrogen-bond acceptors (Lipinski definition) is 3. The van der Waals surface area contributed by atoms with Gasteiger partial charge in [0.1, 0.15) is 11.6 Å². The summed E-state index contributed by atoms with van der Waals surface area (Å²) in [7, 11) is 1.65. The molecule has 0 bridgehead atoms. The van der Waals surface area contributed by atoms with Gasteiger partial charge < -0.3 is 15.5 Å². The van der Waals surface area contributed by atoms with Crippen molar-refractivity contribution >= 4 is 0 Å². The average molecular weight is 199 g/mol. The van der Waals surface area contributed by atoms with Crippen molar-refractivity contribution in [3.05, 3.63) is 29.1 Å². The van der Waals surface area contributed by atoms with Gasteiger partial charge in [-0.15, -0.1) is 0 Å². The van der Waals surface area contributed by atoms with E-state index < -0.39 is 11.9 Å². The molecule has 0 spiro atoms. The van der Waals surface area contributed by atoms with Gasteiger partial charge in [-0.3, -0.25) is 0 Å². The van der Waals surface area contributed by atoms with E-state index in [9.17, 15) is 14.6 Å². The van der Waals surface area contributed by atoms with Crippen LogP contribution in [0.15, 0.2) is 12.1 Å². The SMILES string of the molecule is CNCC(O)c1c(F)ccc(C)c1O. The number of phenolic OH excluding ortho intramolecular Hbond substituents is 1. The minimum atomic E-state index is -1.03. The van der Waals surface area contributed by atoms with Crippen molar-refractivity contribution in [3.63, 3.8) is 0 Å². The van der Waals surface area contributed by atoms with Gasteiger partial charge in [-0.1, -0.05) is 6.07 Å². The molecular weight excluding hydrogens is 185 g/mol. The number of likely N-dealkylation sites (N-methyl/N-ethyl adjacent to an activating group) is 1. The van der Waals surface area contributed by atoms with Crippen molar-refractivity contribution in [2.75, 3.05) is 13.6 Å². The first-order chi connectivity index (χ1) is 6.57. The van der Waals surface area contributed by atoms with Gasteiger partial charge in [-0.25, -0.2) is 4.39 Å². The highest BCUT2D eigenvalue weighted by atomic mass is 19.1. The van der Waals surface area contributed by atoms with Crippen molar-refractivity contribution in [1.29, 1.82) is 0 Å². The number of nitrogens with one attached hydrogen (secondary N) is 1. The molecule has 1 aromatic carbocycles. The van der Waals surface area contributed by atoms with Crippen LogP contribution in [0, 0.1) is 12.7 Å². The summed E-state index contributed by atoms with van der Waals surface area (Å²) in [6, 6.07) is 2.71. The molecule has 78 valence electrons. The summed E-state index contributed by atoms with van der Waals surface area (Å²) in [4.78, 5) is 0. The molecule has 3 N–H and O–H groups in total. The van der Waals surface area contributed by atoms with Gasteiger partial charge in [-0.05, 0) is 25.6 Å². The van der Waals surface area contributed by atoms with Crippen LogP contribution in [0.3, 0.4) is 0 Å². The Hall–Kier alpha value is -1.13. The van der Waals surface area contributed by atoms with Crippen LogP contribution in [-0.4, -0.2) is 23.8 Å². The van der Waals surface area contributed by atoms with E-state index in [4.69, 9.17) is 0 Å². The Labute approximate surface area is 82.2 Å². The Morgan fingerprint density at radius 1 is 1.50 bits per heavy atom. The number of hydrogen-bond donors (Lipinski definition) is 3. The summed E-state index contributed by atoms with van der Waals surface area (Å²) in [6.45, 7) is 1.86. The van der Waals surface area contributed by atoms with Gasteiger partial charge >= 0.3 is 0 Å². The largest absolute Gasteiger partial charge is 0.507 e. The van der Waals surface area contributed by atoms with Gasteiger partial charge in [-0.2, -0.15) is 0 Å². The highest BCUT2D eigenvalue weighted by Gasteiger charge is 2.17. The summed E-state index contributed by atoms with van der Waals surface area (Å²) in [5.74, 6) is -0.761. The van der Waals surface area contributed by atoms with Crippen LogP contribution in [0.2, 0.25) is 0 Å². The Morgan fingerprint density at radius 2 is 2.14 bits per heavy atom. The number of aliphatic hydroxyl groups is 1. The molecule has 0 saturated heterocycles. The molecule has 1 aromatic rings. The zero-order valence-corrected chi connectivity index (χ0v) is 8.21. The van der Waals surface area contributed by atoms with E-state index in [1.807, 2.05) is 0 Å². The van der Waals surface area contributed by atoms with Crippen LogP contribution in [0.1, 0.15) is 17.2 Å². The first-order valence-corrected chi connectivity index (χ1v) is 4.38. The minimum absolute atomic E-state index is 0.0423. The zero-order valence-electron chi connectivity index (χ0n) is 8.21.